The molecule has 0 N–H and O–H groups in total. The van der Waals surface area contributed by atoms with Crippen LogP contribution < -0.4 is 0 Å². The first-order valence-electron chi connectivity index (χ1n) is 6.23. The summed E-state index contributed by atoms with van der Waals surface area (Å²) in [7, 11) is 0. The molecule has 3 heteroatoms. The van der Waals surface area contributed by atoms with E-state index in [9.17, 15) is 0 Å². The largest absolute Gasteiger partial charge is 0.358 e. The van der Waals surface area contributed by atoms with Crippen molar-refractivity contribution in [2.75, 3.05) is 13.1 Å². The number of aryl methyl sites for hydroxylation is 1. The van der Waals surface area contributed by atoms with Crippen molar-refractivity contribution >= 4 is 28.3 Å². The van der Waals surface area contributed by atoms with Crippen LogP contribution in [0.15, 0.2) is 24.3 Å². The van der Waals surface area contributed by atoms with Crippen molar-refractivity contribution in [2.45, 2.75) is 31.9 Å². The molecule has 2 rings (SSSR count). The molecule has 0 spiro atoms. The van der Waals surface area contributed by atoms with Crippen molar-refractivity contribution in [3.63, 3.8) is 0 Å². The Bertz CT molecular complexity index is 366. The van der Waals surface area contributed by atoms with E-state index in [1.54, 1.807) is 11.8 Å². The Morgan fingerprint density at radius 1 is 1.18 bits per heavy atom. The molecule has 1 aliphatic heterocycles. The fourth-order valence-electron chi connectivity index (χ4n) is 2.00. The second kappa shape index (κ2) is 6.41. The van der Waals surface area contributed by atoms with Gasteiger partial charge in [0.15, 0.2) is 0 Å². The minimum Gasteiger partial charge on any atom is -0.358 e. The maximum atomic E-state index is 5.49. The number of benzene rings is 1. The normalized spacial score (nSPS) is 15.9. The van der Waals surface area contributed by atoms with Gasteiger partial charge in [0.1, 0.15) is 4.32 Å². The van der Waals surface area contributed by atoms with E-state index in [-0.39, 0.29) is 0 Å². The topological polar surface area (TPSA) is 3.24 Å². The molecular formula is C14H19NS2. The third-order valence-corrected chi connectivity index (χ3v) is 4.69. The first kappa shape index (κ1) is 12.9. The SMILES string of the molecule is Cc1ccc(CSC(=S)N2CCCCC2)cc1. The van der Waals surface area contributed by atoms with E-state index in [4.69, 9.17) is 12.2 Å². The summed E-state index contributed by atoms with van der Waals surface area (Å²) < 4.78 is 1.07. The minimum atomic E-state index is 0.996. The Kier molecular flexibility index (Phi) is 4.86. The Labute approximate surface area is 114 Å². The molecule has 1 aromatic rings. The van der Waals surface area contributed by atoms with E-state index in [0.717, 1.165) is 23.2 Å². The molecule has 0 unspecified atom stereocenters. The summed E-state index contributed by atoms with van der Waals surface area (Å²) in [5, 5.41) is 0. The molecule has 0 aromatic heterocycles. The lowest BCUT2D eigenvalue weighted by atomic mass is 10.1. The van der Waals surface area contributed by atoms with Crippen molar-refractivity contribution in [3.8, 4) is 0 Å². The average molecular weight is 265 g/mol. The number of thiocarbonyl (C=S) groups is 1. The standard InChI is InChI=1S/C14H19NS2/c1-12-5-7-13(8-6-12)11-17-14(16)15-9-3-2-4-10-15/h5-8H,2-4,9-11H2,1H3. The molecule has 0 amide bonds. The molecular weight excluding hydrogens is 246 g/mol. The maximum absolute atomic E-state index is 5.49. The van der Waals surface area contributed by atoms with Crippen LogP contribution in [0.5, 0.6) is 0 Å². The van der Waals surface area contributed by atoms with Crippen LogP contribution in [0.3, 0.4) is 0 Å². The van der Waals surface area contributed by atoms with Crippen molar-refractivity contribution < 1.29 is 0 Å². The second-order valence-electron chi connectivity index (χ2n) is 4.59. The number of nitrogens with zero attached hydrogens (tertiary/aromatic N) is 1. The lowest BCUT2D eigenvalue weighted by Gasteiger charge is -2.28. The van der Waals surface area contributed by atoms with Crippen LogP contribution in [0.2, 0.25) is 0 Å². The van der Waals surface area contributed by atoms with Crippen LogP contribution in [0.25, 0.3) is 0 Å². The summed E-state index contributed by atoms with van der Waals surface area (Å²) in [6.07, 6.45) is 3.96. The summed E-state index contributed by atoms with van der Waals surface area (Å²) in [6.45, 7) is 4.43. The van der Waals surface area contributed by atoms with Gasteiger partial charge < -0.3 is 4.90 Å². The molecule has 17 heavy (non-hydrogen) atoms. The summed E-state index contributed by atoms with van der Waals surface area (Å²) >= 11 is 7.29. The van der Waals surface area contributed by atoms with Gasteiger partial charge >= 0.3 is 0 Å². The summed E-state index contributed by atoms with van der Waals surface area (Å²) in [6, 6.07) is 8.72. The Hall–Kier alpha value is -0.540. The maximum Gasteiger partial charge on any atom is 0.136 e. The summed E-state index contributed by atoms with van der Waals surface area (Å²) in [5.74, 6) is 0.996. The highest BCUT2D eigenvalue weighted by molar-refractivity contribution is 8.22. The quantitative estimate of drug-likeness (QED) is 0.744. The highest BCUT2D eigenvalue weighted by Crippen LogP contribution is 2.20. The smallest absolute Gasteiger partial charge is 0.136 e. The van der Waals surface area contributed by atoms with E-state index >= 15 is 0 Å². The number of thioether (sulfide) groups is 1. The average Bonchev–Trinajstić information content (AvgIpc) is 2.39. The van der Waals surface area contributed by atoms with E-state index in [0.29, 0.717) is 0 Å². The molecule has 1 nitrogen and oxygen atoms in total. The molecule has 1 aromatic carbocycles. The van der Waals surface area contributed by atoms with Gasteiger partial charge in [0.05, 0.1) is 0 Å². The first-order chi connectivity index (χ1) is 8.25. The second-order valence-corrected chi connectivity index (χ2v) is 6.20. The third kappa shape index (κ3) is 4.00. The van der Waals surface area contributed by atoms with Gasteiger partial charge in [-0.25, -0.2) is 0 Å². The Balaban J connectivity index is 1.81. The Morgan fingerprint density at radius 2 is 1.82 bits per heavy atom. The number of rotatable bonds is 2. The third-order valence-electron chi connectivity index (χ3n) is 3.10. The van der Waals surface area contributed by atoms with Gasteiger partial charge in [-0.2, -0.15) is 0 Å². The van der Waals surface area contributed by atoms with Crippen LogP contribution >= 0.6 is 24.0 Å². The van der Waals surface area contributed by atoms with E-state index in [1.807, 2.05) is 0 Å². The molecule has 1 saturated heterocycles. The first-order valence-corrected chi connectivity index (χ1v) is 7.62. The molecule has 1 aliphatic rings. The lowest BCUT2D eigenvalue weighted by Crippen LogP contribution is -2.32. The predicted octanol–water partition coefficient (Wildman–Crippen LogP) is 4.00. The zero-order valence-corrected chi connectivity index (χ0v) is 11.9. The van der Waals surface area contributed by atoms with Crippen LogP contribution in [-0.4, -0.2) is 22.3 Å². The fraction of sp³-hybridized carbons (Fsp3) is 0.500. The van der Waals surface area contributed by atoms with Crippen molar-refractivity contribution in [1.82, 2.24) is 4.90 Å². The van der Waals surface area contributed by atoms with Gasteiger partial charge in [0.2, 0.25) is 0 Å². The van der Waals surface area contributed by atoms with Gasteiger partial charge in [-0.15, -0.1) is 0 Å². The van der Waals surface area contributed by atoms with Gasteiger partial charge in [0.25, 0.3) is 0 Å². The summed E-state index contributed by atoms with van der Waals surface area (Å²) in [4.78, 5) is 2.36. The lowest BCUT2D eigenvalue weighted by molar-refractivity contribution is 0.352. The molecule has 0 aliphatic carbocycles. The molecule has 0 atom stereocenters. The molecule has 1 fully saturated rings. The highest BCUT2D eigenvalue weighted by Gasteiger charge is 2.13. The molecule has 0 saturated carbocycles. The monoisotopic (exact) mass is 265 g/mol. The van der Waals surface area contributed by atoms with Crippen molar-refractivity contribution in [1.29, 1.82) is 0 Å². The fourth-order valence-corrected chi connectivity index (χ4v) is 3.20. The zero-order valence-electron chi connectivity index (χ0n) is 10.3. The van der Waals surface area contributed by atoms with E-state index in [1.165, 1.54) is 30.4 Å². The summed E-state index contributed by atoms with van der Waals surface area (Å²) in [5.41, 5.74) is 2.68. The highest BCUT2D eigenvalue weighted by atomic mass is 32.2. The van der Waals surface area contributed by atoms with Crippen molar-refractivity contribution in [2.24, 2.45) is 0 Å². The molecule has 92 valence electrons. The van der Waals surface area contributed by atoms with Crippen LogP contribution in [0.4, 0.5) is 0 Å². The zero-order chi connectivity index (χ0) is 12.1. The van der Waals surface area contributed by atoms with Crippen LogP contribution in [0.1, 0.15) is 30.4 Å². The van der Waals surface area contributed by atoms with Gasteiger partial charge in [-0.3, -0.25) is 0 Å². The number of piperidine rings is 1. The van der Waals surface area contributed by atoms with Crippen LogP contribution in [-0.2, 0) is 5.75 Å². The van der Waals surface area contributed by atoms with Gasteiger partial charge in [0, 0.05) is 18.8 Å². The predicted molar refractivity (Wildman–Crippen MR) is 80.5 cm³/mol. The van der Waals surface area contributed by atoms with Gasteiger partial charge in [-0.1, -0.05) is 53.8 Å². The number of hydrogen-bond acceptors (Lipinski definition) is 2. The molecule has 0 radical (unpaired) electrons. The number of likely N-dealkylation sites (tertiary alicyclic amines) is 1. The van der Waals surface area contributed by atoms with Crippen LogP contribution in [0, 0.1) is 6.92 Å². The molecule has 0 bridgehead atoms. The van der Waals surface area contributed by atoms with Crippen molar-refractivity contribution in [3.05, 3.63) is 35.4 Å². The van der Waals surface area contributed by atoms with E-state index in [2.05, 4.69) is 36.1 Å². The molecule has 1 heterocycles. The van der Waals surface area contributed by atoms with E-state index < -0.39 is 0 Å². The number of hydrogen-bond donors (Lipinski definition) is 0. The van der Waals surface area contributed by atoms with Gasteiger partial charge in [-0.05, 0) is 31.7 Å². The Morgan fingerprint density at radius 3 is 2.47 bits per heavy atom. The minimum absolute atomic E-state index is 0.996.